The minimum atomic E-state index is -2.14. The number of alkyl halides is 2. The molecule has 2 heterocycles. The standard InChI is InChI=1S/C27H34F2O6S/c1-23(2)34-21-11-15-16-10-18(28)17-9-14(30)5-7-24(17,3)27(16,29)20(31)12-25(15,4)26(21,35-23)13-36-19-6-8-33-22(19)32/h5,7,9,15-16,18-21,31H,6,8,10-13H2,1-4H3/t15-,16-,18-,19?,20-,21+,24-,25-,26+,27-/m0/s1. The van der Waals surface area contributed by atoms with Crippen molar-refractivity contribution in [3.05, 3.63) is 23.8 Å². The van der Waals surface area contributed by atoms with E-state index in [9.17, 15) is 14.7 Å². The number of rotatable bonds is 3. The average molecular weight is 525 g/mol. The fourth-order valence-corrected chi connectivity index (χ4v) is 10.0. The quantitative estimate of drug-likeness (QED) is 0.562. The number of halogens is 2. The van der Waals surface area contributed by atoms with E-state index in [0.29, 0.717) is 25.2 Å². The van der Waals surface area contributed by atoms with Gasteiger partial charge in [0.25, 0.3) is 0 Å². The monoisotopic (exact) mass is 524 g/mol. The first-order valence-electron chi connectivity index (χ1n) is 12.9. The fraction of sp³-hybridized carbons (Fsp3) is 0.778. The number of ether oxygens (including phenoxy) is 3. The van der Waals surface area contributed by atoms with Gasteiger partial charge in [0, 0.05) is 28.9 Å². The molecule has 0 aromatic rings. The number of aliphatic hydroxyl groups is 1. The maximum absolute atomic E-state index is 17.4. The summed E-state index contributed by atoms with van der Waals surface area (Å²) in [6.45, 7) is 7.70. The largest absolute Gasteiger partial charge is 0.465 e. The number of thioether (sulfide) groups is 1. The van der Waals surface area contributed by atoms with Gasteiger partial charge in [0.1, 0.15) is 17.0 Å². The predicted octanol–water partition coefficient (Wildman–Crippen LogP) is 3.85. The second-order valence-corrected chi connectivity index (χ2v) is 13.5. The van der Waals surface area contributed by atoms with E-state index in [2.05, 4.69) is 0 Å². The summed E-state index contributed by atoms with van der Waals surface area (Å²) in [5, 5.41) is 11.3. The van der Waals surface area contributed by atoms with E-state index in [1.165, 1.54) is 30.0 Å². The van der Waals surface area contributed by atoms with Crippen molar-refractivity contribution >= 4 is 23.5 Å². The number of esters is 1. The van der Waals surface area contributed by atoms with Crippen LogP contribution in [0.4, 0.5) is 8.78 Å². The van der Waals surface area contributed by atoms with Crippen LogP contribution in [-0.2, 0) is 23.8 Å². The lowest BCUT2D eigenvalue weighted by molar-refractivity contribution is -0.247. The van der Waals surface area contributed by atoms with Crippen molar-refractivity contribution in [1.82, 2.24) is 0 Å². The molecule has 2 aliphatic heterocycles. The fourth-order valence-electron chi connectivity index (χ4n) is 8.53. The molecule has 36 heavy (non-hydrogen) atoms. The van der Waals surface area contributed by atoms with Gasteiger partial charge in [-0.3, -0.25) is 9.59 Å². The number of hydrogen-bond donors (Lipinski definition) is 1. The lowest BCUT2D eigenvalue weighted by atomic mass is 9.44. The third-order valence-corrected chi connectivity index (χ3v) is 11.6. The van der Waals surface area contributed by atoms with E-state index in [1.807, 2.05) is 20.8 Å². The molecular formula is C27H34F2O6S. The highest BCUT2D eigenvalue weighted by atomic mass is 32.2. The summed E-state index contributed by atoms with van der Waals surface area (Å²) in [6, 6.07) is 0. The van der Waals surface area contributed by atoms with Crippen LogP contribution in [0, 0.1) is 22.7 Å². The Balaban J connectivity index is 1.41. The molecule has 0 bridgehead atoms. The molecule has 4 aliphatic carbocycles. The number of hydrogen-bond acceptors (Lipinski definition) is 7. The third kappa shape index (κ3) is 3.00. The number of carbonyl (C=O) groups is 2. The minimum Gasteiger partial charge on any atom is -0.465 e. The summed E-state index contributed by atoms with van der Waals surface area (Å²) in [7, 11) is 0. The lowest BCUT2D eigenvalue weighted by Crippen LogP contribution is -2.70. The molecule has 6 aliphatic rings. The number of allylic oxidation sites excluding steroid dienone is 4. The van der Waals surface area contributed by atoms with E-state index < -0.39 is 46.1 Å². The third-order valence-electron chi connectivity index (χ3n) is 10.2. The first-order valence-corrected chi connectivity index (χ1v) is 13.9. The molecule has 9 heteroatoms. The molecule has 0 amide bonds. The molecule has 2 saturated heterocycles. The van der Waals surface area contributed by atoms with Crippen LogP contribution in [0.3, 0.4) is 0 Å². The average Bonchev–Trinajstić information content (AvgIpc) is 3.39. The van der Waals surface area contributed by atoms with Crippen molar-refractivity contribution in [2.45, 2.75) is 94.1 Å². The molecule has 5 fully saturated rings. The maximum Gasteiger partial charge on any atom is 0.319 e. The predicted molar refractivity (Wildman–Crippen MR) is 129 cm³/mol. The van der Waals surface area contributed by atoms with Crippen LogP contribution in [0.5, 0.6) is 0 Å². The molecule has 0 radical (unpaired) electrons. The highest BCUT2D eigenvalue weighted by molar-refractivity contribution is 8.00. The Morgan fingerprint density at radius 3 is 2.61 bits per heavy atom. The van der Waals surface area contributed by atoms with Gasteiger partial charge in [0.2, 0.25) is 0 Å². The Morgan fingerprint density at radius 2 is 1.92 bits per heavy atom. The van der Waals surface area contributed by atoms with E-state index in [4.69, 9.17) is 14.2 Å². The van der Waals surface area contributed by atoms with E-state index in [1.54, 1.807) is 6.92 Å². The molecule has 198 valence electrons. The van der Waals surface area contributed by atoms with Gasteiger partial charge in [0.05, 0.1) is 18.8 Å². The van der Waals surface area contributed by atoms with Gasteiger partial charge in [-0.2, -0.15) is 0 Å². The van der Waals surface area contributed by atoms with Crippen LogP contribution in [-0.4, -0.2) is 69.9 Å². The highest BCUT2D eigenvalue weighted by Gasteiger charge is 2.78. The SMILES string of the molecule is CC1(C)O[C@@H]2C[C@H]3[C@@H]4C[C@H](F)C5=CC(=O)C=C[C@]5(C)[C@@]4(F)[C@@H](O)C[C@]3(C)[C@]2(CSC2CCOC2=O)O1. The number of ketones is 1. The molecule has 0 spiro atoms. The Kier molecular flexibility index (Phi) is 5.31. The zero-order chi connectivity index (χ0) is 25.9. The Labute approximate surface area is 214 Å². The summed E-state index contributed by atoms with van der Waals surface area (Å²) in [4.78, 5) is 24.2. The second kappa shape index (κ2) is 7.64. The smallest absolute Gasteiger partial charge is 0.319 e. The van der Waals surface area contributed by atoms with Gasteiger partial charge < -0.3 is 19.3 Å². The van der Waals surface area contributed by atoms with Crippen LogP contribution < -0.4 is 0 Å². The summed E-state index contributed by atoms with van der Waals surface area (Å²) >= 11 is 1.47. The van der Waals surface area contributed by atoms with E-state index >= 15 is 8.78 Å². The van der Waals surface area contributed by atoms with E-state index in [0.717, 1.165) is 0 Å². The molecule has 6 rings (SSSR count). The zero-order valence-electron chi connectivity index (χ0n) is 21.1. The number of fused-ring (bicyclic) bond motifs is 7. The minimum absolute atomic E-state index is 0.107. The van der Waals surface area contributed by atoms with Crippen LogP contribution in [0.2, 0.25) is 0 Å². The van der Waals surface area contributed by atoms with Crippen LogP contribution in [0.25, 0.3) is 0 Å². The van der Waals surface area contributed by atoms with Crippen LogP contribution in [0.1, 0.15) is 53.4 Å². The maximum atomic E-state index is 17.4. The van der Waals surface area contributed by atoms with Crippen molar-refractivity contribution in [1.29, 1.82) is 0 Å². The van der Waals surface area contributed by atoms with Gasteiger partial charge >= 0.3 is 5.97 Å². The number of carbonyl (C=O) groups excluding carboxylic acids is 2. The Hall–Kier alpha value is -1.29. The Morgan fingerprint density at radius 1 is 1.17 bits per heavy atom. The van der Waals surface area contributed by atoms with Crippen molar-refractivity contribution in [2.24, 2.45) is 22.7 Å². The molecule has 1 N–H and O–H groups in total. The van der Waals surface area contributed by atoms with E-state index in [-0.39, 0.29) is 47.4 Å². The summed E-state index contributed by atoms with van der Waals surface area (Å²) in [6.07, 6.45) is 1.79. The molecule has 0 aromatic carbocycles. The Bertz CT molecular complexity index is 1080. The number of aliphatic hydroxyl groups excluding tert-OH is 1. The summed E-state index contributed by atoms with van der Waals surface area (Å²) < 4.78 is 51.3. The van der Waals surface area contributed by atoms with Crippen molar-refractivity contribution in [3.63, 3.8) is 0 Å². The summed E-state index contributed by atoms with van der Waals surface area (Å²) in [5.74, 6) is -2.15. The van der Waals surface area contributed by atoms with Crippen LogP contribution in [0.15, 0.2) is 23.8 Å². The molecule has 6 nitrogen and oxygen atoms in total. The zero-order valence-corrected chi connectivity index (χ0v) is 21.9. The number of cyclic esters (lactones) is 1. The second-order valence-electron chi connectivity index (χ2n) is 12.3. The van der Waals surface area contributed by atoms with Gasteiger partial charge in [-0.25, -0.2) is 8.78 Å². The first kappa shape index (κ1) is 25.0. The summed E-state index contributed by atoms with van der Waals surface area (Å²) in [5.41, 5.74) is -5.03. The molecular weight excluding hydrogens is 490 g/mol. The lowest BCUT2D eigenvalue weighted by Gasteiger charge is -2.63. The van der Waals surface area contributed by atoms with Crippen molar-refractivity contribution in [2.75, 3.05) is 12.4 Å². The topological polar surface area (TPSA) is 82.1 Å². The molecule has 10 atom stereocenters. The first-order chi connectivity index (χ1) is 16.8. The molecule has 3 saturated carbocycles. The van der Waals surface area contributed by atoms with Crippen molar-refractivity contribution < 1.29 is 37.7 Å². The van der Waals surface area contributed by atoms with Gasteiger partial charge in [-0.1, -0.05) is 13.0 Å². The van der Waals surface area contributed by atoms with Gasteiger partial charge in [0.15, 0.2) is 17.2 Å². The highest BCUT2D eigenvalue weighted by Crippen LogP contribution is 2.72. The van der Waals surface area contributed by atoms with Crippen molar-refractivity contribution in [3.8, 4) is 0 Å². The normalized spacial score (nSPS) is 52.8. The van der Waals surface area contributed by atoms with Gasteiger partial charge in [-0.15, -0.1) is 11.8 Å². The van der Waals surface area contributed by atoms with Gasteiger partial charge in [-0.05, 0) is 63.7 Å². The molecule has 1 unspecified atom stereocenters. The van der Waals surface area contributed by atoms with Crippen LogP contribution >= 0.6 is 11.8 Å². The molecule has 0 aromatic heterocycles.